The minimum atomic E-state index is -0.920. The number of nitrogens with zero attached hydrogens (tertiary/aromatic N) is 1. The van der Waals surface area contributed by atoms with Crippen molar-refractivity contribution in [2.24, 2.45) is 0 Å². The van der Waals surface area contributed by atoms with Gasteiger partial charge in [-0.15, -0.1) is 0 Å². The van der Waals surface area contributed by atoms with Crippen molar-refractivity contribution in [3.63, 3.8) is 0 Å². The number of anilines is 2. The van der Waals surface area contributed by atoms with E-state index in [1.165, 1.54) is 0 Å². The highest BCUT2D eigenvalue weighted by molar-refractivity contribution is 6.45. The molecule has 1 aliphatic rings. The predicted molar refractivity (Wildman–Crippen MR) is 98.8 cm³/mol. The van der Waals surface area contributed by atoms with Gasteiger partial charge in [0, 0.05) is 5.69 Å². The average molecular weight is 393 g/mol. The molecule has 6 nitrogen and oxygen atoms in total. The number of rotatable bonds is 5. The average Bonchev–Trinajstić information content (AvgIpc) is 2.86. The number of hydrogen-bond donors (Lipinski definition) is 2. The molecular weight excluding hydrogens is 379 g/mol. The molecule has 8 heteroatoms. The number of hydrogen-bond acceptors (Lipinski definition) is 4. The van der Waals surface area contributed by atoms with Gasteiger partial charge in [-0.1, -0.05) is 41.4 Å². The summed E-state index contributed by atoms with van der Waals surface area (Å²) in [6.07, 6.45) is -0.0965. The molecule has 0 bridgehead atoms. The van der Waals surface area contributed by atoms with Gasteiger partial charge in [-0.25, -0.2) is 4.90 Å². The predicted octanol–water partition coefficient (Wildman–Crippen LogP) is 3.36. The van der Waals surface area contributed by atoms with Crippen LogP contribution in [0.5, 0.6) is 0 Å². The molecule has 1 atom stereocenters. The standard InChI is InChI=1S/C18H14Cl2N2O4/c19-12-2-1-3-14(17(12)20)22-15(23)9-13(18(22)26)21-11-6-4-10(5-7-11)8-16(24)25/h1-7,13,21H,8-9H2,(H,24,25)/t13-/m0/s1. The first-order chi connectivity index (χ1) is 12.4. The molecule has 1 saturated heterocycles. The minimum Gasteiger partial charge on any atom is -0.481 e. The number of halogens is 2. The second-order valence-corrected chi connectivity index (χ2v) is 6.59. The quantitative estimate of drug-likeness (QED) is 0.761. The molecule has 2 aromatic carbocycles. The minimum absolute atomic E-state index is 0.0153. The third-order valence-electron chi connectivity index (χ3n) is 3.97. The Kier molecular flexibility index (Phi) is 5.15. The van der Waals surface area contributed by atoms with Crippen LogP contribution in [0.1, 0.15) is 12.0 Å². The van der Waals surface area contributed by atoms with E-state index in [1.54, 1.807) is 42.5 Å². The van der Waals surface area contributed by atoms with E-state index in [1.807, 2.05) is 0 Å². The first-order valence-electron chi connectivity index (χ1n) is 7.75. The normalized spacial score (nSPS) is 16.8. The number of carbonyl (C=O) groups is 3. The lowest BCUT2D eigenvalue weighted by atomic mass is 10.1. The van der Waals surface area contributed by atoms with Crippen LogP contribution >= 0.6 is 23.2 Å². The maximum absolute atomic E-state index is 12.7. The van der Waals surface area contributed by atoms with E-state index in [0.717, 1.165) is 4.90 Å². The Morgan fingerprint density at radius 2 is 1.85 bits per heavy atom. The van der Waals surface area contributed by atoms with Crippen molar-refractivity contribution in [3.05, 3.63) is 58.1 Å². The third kappa shape index (κ3) is 3.66. The van der Waals surface area contributed by atoms with Crippen molar-refractivity contribution >= 4 is 52.4 Å². The van der Waals surface area contributed by atoms with Crippen LogP contribution in [0, 0.1) is 0 Å². The lowest BCUT2D eigenvalue weighted by Crippen LogP contribution is -2.35. The van der Waals surface area contributed by atoms with Crippen molar-refractivity contribution in [3.8, 4) is 0 Å². The zero-order valence-electron chi connectivity index (χ0n) is 13.4. The second kappa shape index (κ2) is 7.35. The summed E-state index contributed by atoms with van der Waals surface area (Å²) in [5.74, 6) is -1.72. The Hall–Kier alpha value is -2.57. The molecule has 0 aliphatic carbocycles. The largest absolute Gasteiger partial charge is 0.481 e. The molecule has 3 rings (SSSR count). The molecule has 2 N–H and O–H groups in total. The van der Waals surface area contributed by atoms with Gasteiger partial charge in [0.2, 0.25) is 5.91 Å². The summed E-state index contributed by atoms with van der Waals surface area (Å²) in [6.45, 7) is 0. The number of carboxylic acids is 1. The van der Waals surface area contributed by atoms with Crippen LogP contribution in [0.2, 0.25) is 10.0 Å². The summed E-state index contributed by atoms with van der Waals surface area (Å²) in [4.78, 5) is 36.7. The Morgan fingerprint density at radius 1 is 1.15 bits per heavy atom. The van der Waals surface area contributed by atoms with E-state index in [9.17, 15) is 14.4 Å². The number of carboxylic acid groups (broad SMARTS) is 1. The van der Waals surface area contributed by atoms with E-state index in [2.05, 4.69) is 5.32 Å². The Labute approximate surface area is 159 Å². The molecule has 1 fully saturated rings. The fourth-order valence-electron chi connectivity index (χ4n) is 2.76. The summed E-state index contributed by atoms with van der Waals surface area (Å²) in [5.41, 5.74) is 1.52. The number of carbonyl (C=O) groups excluding carboxylic acids is 2. The van der Waals surface area contributed by atoms with Gasteiger partial charge in [-0.2, -0.15) is 0 Å². The molecule has 0 spiro atoms. The number of benzene rings is 2. The van der Waals surface area contributed by atoms with Gasteiger partial charge in [0.15, 0.2) is 0 Å². The van der Waals surface area contributed by atoms with E-state index in [4.69, 9.17) is 28.3 Å². The first kappa shape index (κ1) is 18.2. The fraction of sp³-hybridized carbons (Fsp3) is 0.167. The van der Waals surface area contributed by atoms with Crippen LogP contribution in [0.3, 0.4) is 0 Å². The van der Waals surface area contributed by atoms with E-state index in [-0.39, 0.29) is 34.5 Å². The summed E-state index contributed by atoms with van der Waals surface area (Å²) < 4.78 is 0. The molecule has 1 heterocycles. The Morgan fingerprint density at radius 3 is 2.50 bits per heavy atom. The highest BCUT2D eigenvalue weighted by Gasteiger charge is 2.40. The lowest BCUT2D eigenvalue weighted by molar-refractivity contribution is -0.136. The molecule has 0 saturated carbocycles. The highest BCUT2D eigenvalue weighted by Crippen LogP contribution is 2.35. The van der Waals surface area contributed by atoms with Crippen LogP contribution < -0.4 is 10.2 Å². The summed E-state index contributed by atoms with van der Waals surface area (Å²) in [6, 6.07) is 10.7. The van der Waals surface area contributed by atoms with Crippen molar-refractivity contribution in [2.45, 2.75) is 18.9 Å². The van der Waals surface area contributed by atoms with E-state index in [0.29, 0.717) is 11.3 Å². The van der Waals surface area contributed by atoms with Gasteiger partial charge in [-0.05, 0) is 29.8 Å². The maximum atomic E-state index is 12.7. The molecule has 26 heavy (non-hydrogen) atoms. The zero-order chi connectivity index (χ0) is 18.8. The summed E-state index contributed by atoms with van der Waals surface area (Å²) in [5, 5.41) is 12.2. The Balaban J connectivity index is 1.77. The van der Waals surface area contributed by atoms with Crippen molar-refractivity contribution in [1.29, 1.82) is 0 Å². The smallest absolute Gasteiger partial charge is 0.307 e. The second-order valence-electron chi connectivity index (χ2n) is 5.81. The van der Waals surface area contributed by atoms with E-state index < -0.39 is 17.9 Å². The first-order valence-corrected chi connectivity index (χ1v) is 8.50. The van der Waals surface area contributed by atoms with Gasteiger partial charge in [0.1, 0.15) is 6.04 Å². The monoisotopic (exact) mass is 392 g/mol. The van der Waals surface area contributed by atoms with Crippen LogP contribution in [-0.2, 0) is 20.8 Å². The van der Waals surface area contributed by atoms with Crippen molar-refractivity contribution in [1.82, 2.24) is 0 Å². The topological polar surface area (TPSA) is 86.7 Å². The maximum Gasteiger partial charge on any atom is 0.307 e. The molecule has 0 aromatic heterocycles. The van der Waals surface area contributed by atoms with E-state index >= 15 is 0 Å². The van der Waals surface area contributed by atoms with Crippen molar-refractivity contribution in [2.75, 3.05) is 10.2 Å². The van der Waals surface area contributed by atoms with Crippen LogP contribution in [0.15, 0.2) is 42.5 Å². The molecular formula is C18H14Cl2N2O4. The Bertz CT molecular complexity index is 883. The fourth-order valence-corrected chi connectivity index (χ4v) is 3.14. The molecule has 134 valence electrons. The SMILES string of the molecule is O=C(O)Cc1ccc(N[C@H]2CC(=O)N(c3cccc(Cl)c3Cl)C2=O)cc1. The highest BCUT2D eigenvalue weighted by atomic mass is 35.5. The molecule has 0 radical (unpaired) electrons. The summed E-state index contributed by atoms with van der Waals surface area (Å²) >= 11 is 12.1. The number of nitrogens with one attached hydrogen (secondary N) is 1. The zero-order valence-corrected chi connectivity index (χ0v) is 14.9. The number of amides is 2. The van der Waals surface area contributed by atoms with Gasteiger partial charge < -0.3 is 10.4 Å². The van der Waals surface area contributed by atoms with Gasteiger partial charge >= 0.3 is 5.97 Å². The number of aliphatic carboxylic acids is 1. The molecule has 1 aliphatic heterocycles. The van der Waals surface area contributed by atoms with Gasteiger partial charge in [0.25, 0.3) is 5.91 Å². The van der Waals surface area contributed by atoms with Gasteiger partial charge in [-0.3, -0.25) is 14.4 Å². The van der Waals surface area contributed by atoms with Crippen molar-refractivity contribution < 1.29 is 19.5 Å². The molecule has 0 unspecified atom stereocenters. The third-order valence-corrected chi connectivity index (χ3v) is 4.78. The van der Waals surface area contributed by atoms with Crippen LogP contribution in [0.4, 0.5) is 11.4 Å². The molecule has 2 aromatic rings. The molecule has 2 amide bonds. The van der Waals surface area contributed by atoms with Crippen LogP contribution in [-0.4, -0.2) is 28.9 Å². The van der Waals surface area contributed by atoms with Crippen LogP contribution in [0.25, 0.3) is 0 Å². The lowest BCUT2D eigenvalue weighted by Gasteiger charge is -2.18. The van der Waals surface area contributed by atoms with Gasteiger partial charge in [0.05, 0.1) is 28.6 Å². The number of imide groups is 1. The summed E-state index contributed by atoms with van der Waals surface area (Å²) in [7, 11) is 0.